The lowest BCUT2D eigenvalue weighted by Gasteiger charge is -2.19. The van der Waals surface area contributed by atoms with E-state index in [-0.39, 0.29) is 42.7 Å². The predicted molar refractivity (Wildman–Crippen MR) is 180 cm³/mol. The molecule has 3 unspecified atom stereocenters. The zero-order chi connectivity index (χ0) is 37.0. The molecule has 4 N–H and O–H groups in total. The van der Waals surface area contributed by atoms with Crippen molar-refractivity contribution in [3.05, 3.63) is 88.5 Å². The number of aromatic amines is 1. The number of hydrogen-bond acceptors (Lipinski definition) is 13. The smallest absolute Gasteiger partial charge is 0.408 e. The Morgan fingerprint density at radius 3 is 2.08 bits per heavy atom. The Kier molecular flexibility index (Phi) is 12.5. The number of aromatic nitrogens is 4. The predicted octanol–water partition coefficient (Wildman–Crippen LogP) is 2.31. The fourth-order valence-electron chi connectivity index (χ4n) is 4.86. The molecule has 3 amide bonds. The van der Waals surface area contributed by atoms with Crippen LogP contribution in [0.1, 0.15) is 37.6 Å². The highest BCUT2D eigenvalue weighted by molar-refractivity contribution is 5.91. The fourth-order valence-corrected chi connectivity index (χ4v) is 4.86. The van der Waals surface area contributed by atoms with Gasteiger partial charge in [-0.3, -0.25) is 34.0 Å². The summed E-state index contributed by atoms with van der Waals surface area (Å²) in [5.41, 5.74) is 0.930. The molecular weight excluding hydrogens is 682 g/mol. The van der Waals surface area contributed by atoms with E-state index in [1.54, 1.807) is 62.4 Å². The molecule has 2 aromatic heterocycles. The average molecular weight is 720 g/mol. The maximum absolute atomic E-state index is 12.8. The van der Waals surface area contributed by atoms with Crippen LogP contribution < -0.4 is 21.5 Å². The number of hydrogen-bond donors (Lipinski definition) is 4. The van der Waals surface area contributed by atoms with Crippen LogP contribution in [-0.4, -0.2) is 81.5 Å². The molecule has 18 nitrogen and oxygen atoms in total. The Labute approximate surface area is 296 Å². The monoisotopic (exact) mass is 719 g/mol. The number of esters is 2. The van der Waals surface area contributed by atoms with Crippen LogP contribution in [-0.2, 0) is 51.3 Å². The van der Waals surface area contributed by atoms with Gasteiger partial charge in [0.2, 0.25) is 11.9 Å². The summed E-state index contributed by atoms with van der Waals surface area (Å²) in [5.74, 6) is -2.29. The highest BCUT2D eigenvalue weighted by Crippen LogP contribution is 2.33. The lowest BCUT2D eigenvalue weighted by molar-refractivity contribution is -0.144. The topological polar surface area (TPSA) is 231 Å². The van der Waals surface area contributed by atoms with Gasteiger partial charge < -0.3 is 34.3 Å². The van der Waals surface area contributed by atoms with Crippen LogP contribution in [0.15, 0.2) is 71.8 Å². The molecule has 0 spiro atoms. The van der Waals surface area contributed by atoms with E-state index in [1.165, 1.54) is 10.9 Å². The van der Waals surface area contributed by atoms with Crippen molar-refractivity contribution < 1.29 is 47.7 Å². The standard InChI is InChI=1S/C34H37N7O11/c1-20(2)30(44)39-32-38-29-28(31(45)40-32)37-19-41(29)25-13-23(52-34(47)36-15-27(43)49-17-22-11-7-4-8-12-22)24(51-25)18-50-33(46)35-14-26(42)48-16-21-9-5-3-6-10-21/h3-12,19-20,23-25H,13-18H2,1-2H3,(H,35,46)(H,36,47)(H2,38,39,40,44,45). The maximum Gasteiger partial charge on any atom is 0.408 e. The van der Waals surface area contributed by atoms with Gasteiger partial charge in [0, 0.05) is 12.3 Å². The number of nitrogens with zero attached hydrogens (tertiary/aromatic N) is 3. The first-order valence-corrected chi connectivity index (χ1v) is 16.2. The molecule has 1 fully saturated rings. The van der Waals surface area contributed by atoms with Crippen LogP contribution in [0.2, 0.25) is 0 Å². The molecule has 5 rings (SSSR count). The van der Waals surface area contributed by atoms with E-state index in [1.807, 2.05) is 12.1 Å². The van der Waals surface area contributed by atoms with Gasteiger partial charge in [0.25, 0.3) is 5.56 Å². The molecule has 0 bridgehead atoms. The SMILES string of the molecule is CC(C)C(=O)Nc1nc2c(ncn2C2CC(OC(=O)NCC(=O)OCc3ccccc3)C(COC(=O)NCC(=O)OCc3ccccc3)O2)c(=O)[nH]1. The van der Waals surface area contributed by atoms with Crippen LogP contribution in [0.3, 0.4) is 0 Å². The number of carbonyl (C=O) groups is 5. The molecule has 18 heteroatoms. The molecule has 1 saturated heterocycles. The lowest BCUT2D eigenvalue weighted by atomic mass is 10.2. The van der Waals surface area contributed by atoms with Crippen molar-refractivity contribution in [3.8, 4) is 0 Å². The van der Waals surface area contributed by atoms with E-state index in [0.717, 1.165) is 11.1 Å². The summed E-state index contributed by atoms with van der Waals surface area (Å²) in [6.07, 6.45) is -3.73. The second-order valence-corrected chi connectivity index (χ2v) is 11.8. The van der Waals surface area contributed by atoms with Crippen molar-refractivity contribution in [2.24, 2.45) is 5.92 Å². The quantitative estimate of drug-likeness (QED) is 0.108. The minimum absolute atomic E-state index is 0.0133. The summed E-state index contributed by atoms with van der Waals surface area (Å²) in [6.45, 7) is 1.98. The van der Waals surface area contributed by atoms with Crippen LogP contribution in [0.5, 0.6) is 0 Å². The van der Waals surface area contributed by atoms with E-state index in [0.29, 0.717) is 0 Å². The van der Waals surface area contributed by atoms with E-state index < -0.39 is 73.7 Å². The molecule has 0 radical (unpaired) electrons. The molecule has 0 aliphatic carbocycles. The van der Waals surface area contributed by atoms with Crippen molar-refractivity contribution in [3.63, 3.8) is 0 Å². The summed E-state index contributed by atoms with van der Waals surface area (Å²) in [7, 11) is 0. The Bertz CT molecular complexity index is 1930. The largest absolute Gasteiger partial charge is 0.460 e. The number of carbonyl (C=O) groups excluding carboxylic acids is 5. The number of amides is 3. The van der Waals surface area contributed by atoms with Crippen LogP contribution >= 0.6 is 0 Å². The minimum atomic E-state index is -1.06. The third kappa shape index (κ3) is 10.4. The van der Waals surface area contributed by atoms with Crippen molar-refractivity contribution in [2.75, 3.05) is 25.0 Å². The number of nitrogens with one attached hydrogen (secondary N) is 4. The Morgan fingerprint density at radius 1 is 0.885 bits per heavy atom. The number of imidazole rings is 1. The number of ether oxygens (including phenoxy) is 5. The van der Waals surface area contributed by atoms with Gasteiger partial charge >= 0.3 is 24.1 Å². The van der Waals surface area contributed by atoms with Crippen molar-refractivity contribution in [1.82, 2.24) is 30.2 Å². The Morgan fingerprint density at radius 2 is 1.48 bits per heavy atom. The molecular formula is C34H37N7O11. The summed E-state index contributed by atoms with van der Waals surface area (Å²) in [6, 6.07) is 18.0. The van der Waals surface area contributed by atoms with Crippen LogP contribution in [0.4, 0.5) is 15.5 Å². The molecule has 1 aliphatic heterocycles. The van der Waals surface area contributed by atoms with E-state index in [4.69, 9.17) is 23.7 Å². The third-order valence-corrected chi connectivity index (χ3v) is 7.57. The molecule has 274 valence electrons. The van der Waals surface area contributed by atoms with Gasteiger partial charge in [-0.1, -0.05) is 74.5 Å². The molecule has 3 atom stereocenters. The number of fused-ring (bicyclic) bond motifs is 1. The van der Waals surface area contributed by atoms with Gasteiger partial charge in [-0.2, -0.15) is 4.98 Å². The highest BCUT2D eigenvalue weighted by Gasteiger charge is 2.41. The number of H-pyrrole nitrogens is 1. The van der Waals surface area contributed by atoms with Crippen molar-refractivity contribution >= 4 is 47.1 Å². The summed E-state index contributed by atoms with van der Waals surface area (Å²) < 4.78 is 28.6. The molecule has 4 aromatic rings. The normalized spacial score (nSPS) is 16.6. The van der Waals surface area contributed by atoms with Crippen LogP contribution in [0, 0.1) is 5.92 Å². The Balaban J connectivity index is 1.21. The molecule has 1 aliphatic rings. The maximum atomic E-state index is 12.8. The van der Waals surface area contributed by atoms with Crippen molar-refractivity contribution in [2.45, 2.75) is 51.9 Å². The van der Waals surface area contributed by atoms with Crippen LogP contribution in [0.25, 0.3) is 11.2 Å². The van der Waals surface area contributed by atoms with E-state index in [2.05, 4.69) is 30.9 Å². The van der Waals surface area contributed by atoms with Crippen molar-refractivity contribution in [1.29, 1.82) is 0 Å². The van der Waals surface area contributed by atoms with Gasteiger partial charge in [0.1, 0.15) is 51.3 Å². The first-order chi connectivity index (χ1) is 25.0. The molecule has 52 heavy (non-hydrogen) atoms. The number of anilines is 1. The van der Waals surface area contributed by atoms with E-state index in [9.17, 15) is 28.8 Å². The number of alkyl carbamates (subject to hydrolysis) is 2. The minimum Gasteiger partial charge on any atom is -0.460 e. The fraction of sp³-hybridized carbons (Fsp3) is 0.353. The molecule has 0 saturated carbocycles. The third-order valence-electron chi connectivity index (χ3n) is 7.57. The summed E-state index contributed by atoms with van der Waals surface area (Å²) in [4.78, 5) is 85.5. The second kappa shape index (κ2) is 17.6. The Hall–Kier alpha value is -6.30. The second-order valence-electron chi connectivity index (χ2n) is 11.8. The van der Waals surface area contributed by atoms with Gasteiger partial charge in [-0.15, -0.1) is 0 Å². The highest BCUT2D eigenvalue weighted by atomic mass is 16.6. The zero-order valence-corrected chi connectivity index (χ0v) is 28.2. The van der Waals surface area contributed by atoms with Gasteiger partial charge in [-0.25, -0.2) is 14.6 Å². The zero-order valence-electron chi connectivity index (χ0n) is 28.2. The molecule has 3 heterocycles. The van der Waals surface area contributed by atoms with Gasteiger partial charge in [0.05, 0.1) is 6.33 Å². The number of rotatable bonds is 14. The summed E-state index contributed by atoms with van der Waals surface area (Å²) in [5, 5.41) is 7.16. The average Bonchev–Trinajstić information content (AvgIpc) is 3.75. The first kappa shape index (κ1) is 37.0. The van der Waals surface area contributed by atoms with E-state index >= 15 is 0 Å². The number of benzene rings is 2. The molecule has 2 aromatic carbocycles. The lowest BCUT2D eigenvalue weighted by Crippen LogP contribution is -2.39. The first-order valence-electron chi connectivity index (χ1n) is 16.2. The summed E-state index contributed by atoms with van der Waals surface area (Å²) >= 11 is 0. The van der Waals surface area contributed by atoms with Gasteiger partial charge in [-0.05, 0) is 11.1 Å². The van der Waals surface area contributed by atoms with Gasteiger partial charge in [0.15, 0.2) is 11.2 Å².